The molecule has 0 unspecified atom stereocenters. The first-order chi connectivity index (χ1) is 9.25. The molecule has 0 aromatic heterocycles. The zero-order valence-corrected chi connectivity index (χ0v) is 10.5. The highest BCUT2D eigenvalue weighted by Crippen LogP contribution is 2.19. The van der Waals surface area contributed by atoms with Gasteiger partial charge in [-0.05, 0) is 11.6 Å². The predicted molar refractivity (Wildman–Crippen MR) is 72.8 cm³/mol. The third-order valence-corrected chi connectivity index (χ3v) is 2.77. The minimum atomic E-state index is -0.312. The number of benzene rings is 2. The molecular weight excluding hydrogens is 242 g/mol. The van der Waals surface area contributed by atoms with Gasteiger partial charge in [-0.1, -0.05) is 48.5 Å². The fraction of sp³-hybridized carbons (Fsp3) is 0.200. The lowest BCUT2D eigenvalue weighted by atomic mass is 10.1. The Morgan fingerprint density at radius 3 is 2.42 bits per heavy atom. The summed E-state index contributed by atoms with van der Waals surface area (Å²) in [4.78, 5) is 10.1. The van der Waals surface area contributed by atoms with Crippen LogP contribution in [-0.2, 0) is 13.0 Å². The highest BCUT2D eigenvalue weighted by Gasteiger charge is 2.06. The monoisotopic (exact) mass is 257 g/mol. The Bertz CT molecular complexity index is 540. The van der Waals surface area contributed by atoms with Gasteiger partial charge >= 0.3 is 0 Å². The van der Waals surface area contributed by atoms with Crippen molar-refractivity contribution in [1.82, 2.24) is 0 Å². The van der Waals surface area contributed by atoms with Crippen LogP contribution in [0.25, 0.3) is 0 Å². The predicted octanol–water partition coefficient (Wildman–Crippen LogP) is 3.08. The molecule has 98 valence electrons. The van der Waals surface area contributed by atoms with E-state index < -0.39 is 0 Å². The van der Waals surface area contributed by atoms with Gasteiger partial charge < -0.3 is 4.74 Å². The lowest BCUT2D eigenvalue weighted by molar-refractivity contribution is -0.479. The van der Waals surface area contributed by atoms with Crippen molar-refractivity contribution in [2.75, 3.05) is 6.54 Å². The summed E-state index contributed by atoms with van der Waals surface area (Å²) in [6.07, 6.45) is 0.387. The number of hydrogen-bond donors (Lipinski definition) is 0. The maximum absolute atomic E-state index is 10.4. The van der Waals surface area contributed by atoms with Crippen LogP contribution in [0, 0.1) is 10.1 Å². The van der Waals surface area contributed by atoms with Crippen LogP contribution in [0.2, 0.25) is 0 Å². The van der Waals surface area contributed by atoms with Crippen LogP contribution in [0.1, 0.15) is 11.1 Å². The summed E-state index contributed by atoms with van der Waals surface area (Å²) in [7, 11) is 0. The van der Waals surface area contributed by atoms with Gasteiger partial charge in [0.2, 0.25) is 6.54 Å². The standard InChI is InChI=1S/C15H15NO3/c17-16(18)11-10-14-8-4-5-9-15(14)19-12-13-6-2-1-3-7-13/h1-9H,10-12H2. The van der Waals surface area contributed by atoms with Crippen LogP contribution in [0.4, 0.5) is 0 Å². The zero-order valence-electron chi connectivity index (χ0n) is 10.5. The average molecular weight is 257 g/mol. The van der Waals surface area contributed by atoms with Crippen molar-refractivity contribution in [3.63, 3.8) is 0 Å². The number of nitro groups is 1. The molecule has 4 nitrogen and oxygen atoms in total. The number of nitrogens with zero attached hydrogens (tertiary/aromatic N) is 1. The molecule has 0 radical (unpaired) electrons. The quantitative estimate of drug-likeness (QED) is 0.590. The first-order valence-electron chi connectivity index (χ1n) is 6.12. The minimum absolute atomic E-state index is 0.0777. The van der Waals surface area contributed by atoms with Gasteiger partial charge in [-0.3, -0.25) is 10.1 Å². The molecule has 0 atom stereocenters. The molecule has 2 rings (SSSR count). The van der Waals surface area contributed by atoms with E-state index in [2.05, 4.69) is 0 Å². The zero-order chi connectivity index (χ0) is 13.5. The third-order valence-electron chi connectivity index (χ3n) is 2.77. The van der Waals surface area contributed by atoms with Crippen molar-refractivity contribution in [3.05, 3.63) is 75.8 Å². The fourth-order valence-electron chi connectivity index (χ4n) is 1.80. The summed E-state index contributed by atoms with van der Waals surface area (Å²) in [5.41, 5.74) is 1.95. The summed E-state index contributed by atoms with van der Waals surface area (Å²) < 4.78 is 5.73. The van der Waals surface area contributed by atoms with Crippen LogP contribution in [0.15, 0.2) is 54.6 Å². The molecule has 0 saturated heterocycles. The Morgan fingerprint density at radius 1 is 1.00 bits per heavy atom. The van der Waals surface area contributed by atoms with E-state index in [0.29, 0.717) is 18.8 Å². The van der Waals surface area contributed by atoms with Crippen molar-refractivity contribution < 1.29 is 9.66 Å². The van der Waals surface area contributed by atoms with Crippen LogP contribution in [0.5, 0.6) is 5.75 Å². The first kappa shape index (κ1) is 13.1. The lowest BCUT2D eigenvalue weighted by Gasteiger charge is -2.10. The van der Waals surface area contributed by atoms with Gasteiger partial charge in [-0.25, -0.2) is 0 Å². The average Bonchev–Trinajstić information content (AvgIpc) is 2.45. The molecule has 2 aromatic rings. The number of hydrogen-bond acceptors (Lipinski definition) is 3. The number of ether oxygens (including phenoxy) is 1. The normalized spacial score (nSPS) is 10.1. The van der Waals surface area contributed by atoms with E-state index in [4.69, 9.17) is 4.74 Å². The maximum atomic E-state index is 10.4. The Kier molecular flexibility index (Phi) is 4.50. The van der Waals surface area contributed by atoms with Gasteiger partial charge in [-0.2, -0.15) is 0 Å². The van der Waals surface area contributed by atoms with Crippen LogP contribution in [0.3, 0.4) is 0 Å². The van der Waals surface area contributed by atoms with E-state index in [1.54, 1.807) is 0 Å². The van der Waals surface area contributed by atoms with E-state index in [9.17, 15) is 10.1 Å². The Morgan fingerprint density at radius 2 is 1.68 bits per heavy atom. The molecule has 19 heavy (non-hydrogen) atoms. The molecule has 0 bridgehead atoms. The summed E-state index contributed by atoms with van der Waals surface area (Å²) in [5, 5.41) is 10.4. The second-order valence-corrected chi connectivity index (χ2v) is 4.19. The van der Waals surface area contributed by atoms with Crippen molar-refractivity contribution in [1.29, 1.82) is 0 Å². The van der Waals surface area contributed by atoms with E-state index in [1.165, 1.54) is 0 Å². The molecule has 4 heteroatoms. The van der Waals surface area contributed by atoms with Crippen molar-refractivity contribution in [2.45, 2.75) is 13.0 Å². The number of para-hydroxylation sites is 1. The molecule has 0 spiro atoms. The van der Waals surface area contributed by atoms with E-state index in [-0.39, 0.29) is 11.5 Å². The van der Waals surface area contributed by atoms with Gasteiger partial charge in [0.25, 0.3) is 0 Å². The molecule has 0 saturated carbocycles. The second-order valence-electron chi connectivity index (χ2n) is 4.19. The molecule has 0 aliphatic rings. The molecule has 0 amide bonds. The van der Waals surface area contributed by atoms with Crippen LogP contribution in [-0.4, -0.2) is 11.5 Å². The molecule has 0 aliphatic heterocycles. The van der Waals surface area contributed by atoms with Crippen LogP contribution >= 0.6 is 0 Å². The number of rotatable bonds is 6. The summed E-state index contributed by atoms with van der Waals surface area (Å²) in [6.45, 7) is 0.391. The second kappa shape index (κ2) is 6.54. The van der Waals surface area contributed by atoms with Crippen molar-refractivity contribution in [3.8, 4) is 5.75 Å². The molecule has 0 aliphatic carbocycles. The fourth-order valence-corrected chi connectivity index (χ4v) is 1.80. The van der Waals surface area contributed by atoms with Gasteiger partial charge in [-0.15, -0.1) is 0 Å². The minimum Gasteiger partial charge on any atom is -0.489 e. The van der Waals surface area contributed by atoms with Gasteiger partial charge in [0.05, 0.1) is 0 Å². The van der Waals surface area contributed by atoms with Gasteiger partial charge in [0.1, 0.15) is 12.4 Å². The summed E-state index contributed by atoms with van der Waals surface area (Å²) in [6, 6.07) is 17.3. The molecule has 0 heterocycles. The summed E-state index contributed by atoms with van der Waals surface area (Å²) >= 11 is 0. The topological polar surface area (TPSA) is 52.4 Å². The first-order valence-corrected chi connectivity index (χ1v) is 6.12. The van der Waals surface area contributed by atoms with E-state index in [0.717, 1.165) is 11.1 Å². The van der Waals surface area contributed by atoms with Gasteiger partial charge in [0, 0.05) is 16.9 Å². The summed E-state index contributed by atoms with van der Waals surface area (Å²) in [5.74, 6) is 0.716. The Balaban J connectivity index is 2.01. The largest absolute Gasteiger partial charge is 0.489 e. The highest BCUT2D eigenvalue weighted by atomic mass is 16.6. The Hall–Kier alpha value is -2.36. The maximum Gasteiger partial charge on any atom is 0.208 e. The third kappa shape index (κ3) is 4.10. The lowest BCUT2D eigenvalue weighted by Crippen LogP contribution is -2.06. The van der Waals surface area contributed by atoms with Crippen molar-refractivity contribution >= 4 is 0 Å². The highest BCUT2D eigenvalue weighted by molar-refractivity contribution is 5.33. The molecule has 2 aromatic carbocycles. The van der Waals surface area contributed by atoms with Crippen LogP contribution < -0.4 is 4.74 Å². The smallest absolute Gasteiger partial charge is 0.208 e. The molecule has 0 fully saturated rings. The van der Waals surface area contributed by atoms with E-state index >= 15 is 0 Å². The SMILES string of the molecule is O=[N+]([O-])CCc1ccccc1OCc1ccccc1. The van der Waals surface area contributed by atoms with Gasteiger partial charge in [0.15, 0.2) is 0 Å². The van der Waals surface area contributed by atoms with E-state index in [1.807, 2.05) is 54.6 Å². The van der Waals surface area contributed by atoms with Crippen molar-refractivity contribution in [2.24, 2.45) is 0 Å². The molecule has 0 N–H and O–H groups in total. The molecular formula is C15H15NO3. The Labute approximate surface area is 111 Å².